The van der Waals surface area contributed by atoms with Crippen LogP contribution in [0.25, 0.3) is 33.2 Å². The number of nitrogens with zero attached hydrogens (tertiary/aromatic N) is 3. The Labute approximate surface area is 194 Å². The lowest BCUT2D eigenvalue weighted by atomic mass is 10.0. The molecule has 1 fully saturated rings. The van der Waals surface area contributed by atoms with Crippen LogP contribution in [0, 0.1) is 0 Å². The average Bonchev–Trinajstić information content (AvgIpc) is 3.18. The van der Waals surface area contributed by atoms with Gasteiger partial charge in [0.1, 0.15) is 5.75 Å². The van der Waals surface area contributed by atoms with Gasteiger partial charge in [-0.1, -0.05) is 36.2 Å². The summed E-state index contributed by atoms with van der Waals surface area (Å²) in [5.74, 6) is 0.852. The summed E-state index contributed by atoms with van der Waals surface area (Å²) in [5.41, 5.74) is 5.70. The second-order valence-electron chi connectivity index (χ2n) is 8.68. The molecule has 32 heavy (non-hydrogen) atoms. The van der Waals surface area contributed by atoms with Gasteiger partial charge in [0, 0.05) is 58.3 Å². The van der Waals surface area contributed by atoms with Gasteiger partial charge in [0.15, 0.2) is 0 Å². The molecular formula is C27H28ClN3O. The maximum atomic E-state index is 6.40. The molecule has 0 spiro atoms. The minimum absolute atomic E-state index is 0.551. The number of hydrogen-bond acceptors (Lipinski definition) is 3. The van der Waals surface area contributed by atoms with Crippen molar-refractivity contribution in [3.05, 3.63) is 72.1 Å². The Morgan fingerprint density at radius 2 is 1.81 bits per heavy atom. The molecule has 5 rings (SSSR count). The number of halogens is 1. The SMILES string of the molecule is COc1ccc(-c2cncc(-c3cn(CC4CCCCN4C)c4cc(Cl)ccc34)c2)cc1. The molecule has 0 N–H and O–H groups in total. The van der Waals surface area contributed by atoms with E-state index in [2.05, 4.69) is 58.0 Å². The number of fused-ring (bicyclic) bond motifs is 1. The third kappa shape index (κ3) is 4.13. The summed E-state index contributed by atoms with van der Waals surface area (Å²) in [7, 11) is 3.93. The van der Waals surface area contributed by atoms with Crippen LogP contribution in [-0.4, -0.2) is 41.2 Å². The van der Waals surface area contributed by atoms with Gasteiger partial charge in [-0.2, -0.15) is 0 Å². The van der Waals surface area contributed by atoms with Gasteiger partial charge in [-0.3, -0.25) is 4.98 Å². The molecule has 1 unspecified atom stereocenters. The fourth-order valence-corrected chi connectivity index (χ4v) is 4.94. The predicted octanol–water partition coefficient (Wildman–Crippen LogP) is 6.52. The van der Waals surface area contributed by atoms with Crippen molar-refractivity contribution in [3.8, 4) is 28.0 Å². The lowest BCUT2D eigenvalue weighted by molar-refractivity contribution is 0.169. The van der Waals surface area contributed by atoms with Crippen molar-refractivity contribution >= 4 is 22.5 Å². The number of hydrogen-bond donors (Lipinski definition) is 0. The van der Waals surface area contributed by atoms with Crippen LogP contribution in [0.3, 0.4) is 0 Å². The van der Waals surface area contributed by atoms with Crippen LogP contribution in [0.15, 0.2) is 67.1 Å². The summed E-state index contributed by atoms with van der Waals surface area (Å²) in [6.45, 7) is 2.14. The monoisotopic (exact) mass is 445 g/mol. The first kappa shape index (κ1) is 21.0. The third-order valence-corrected chi connectivity index (χ3v) is 6.88. The van der Waals surface area contributed by atoms with Crippen molar-refractivity contribution < 1.29 is 4.74 Å². The molecule has 0 radical (unpaired) electrons. The minimum atomic E-state index is 0.551. The molecule has 1 atom stereocenters. The molecular weight excluding hydrogens is 418 g/mol. The first-order valence-electron chi connectivity index (χ1n) is 11.2. The van der Waals surface area contributed by atoms with Crippen molar-refractivity contribution in [2.45, 2.75) is 31.8 Å². The van der Waals surface area contributed by atoms with Crippen molar-refractivity contribution in [3.63, 3.8) is 0 Å². The van der Waals surface area contributed by atoms with Crippen molar-refractivity contribution in [1.82, 2.24) is 14.5 Å². The molecule has 0 saturated carbocycles. The molecule has 0 amide bonds. The third-order valence-electron chi connectivity index (χ3n) is 6.65. The molecule has 2 aromatic carbocycles. The Hall–Kier alpha value is -2.82. The number of ether oxygens (including phenoxy) is 1. The molecule has 1 saturated heterocycles. The number of aromatic nitrogens is 2. The predicted molar refractivity (Wildman–Crippen MR) is 132 cm³/mol. The van der Waals surface area contributed by atoms with E-state index in [1.165, 1.54) is 42.3 Å². The van der Waals surface area contributed by atoms with Crippen molar-refractivity contribution in [2.75, 3.05) is 20.7 Å². The number of pyridine rings is 1. The van der Waals surface area contributed by atoms with Crippen LogP contribution >= 0.6 is 11.6 Å². The molecule has 1 aliphatic rings. The number of methoxy groups -OCH3 is 1. The number of likely N-dealkylation sites (N-methyl/N-ethyl adjacent to an activating group) is 1. The Morgan fingerprint density at radius 1 is 1.00 bits per heavy atom. The Morgan fingerprint density at radius 3 is 2.59 bits per heavy atom. The molecule has 3 heterocycles. The van der Waals surface area contributed by atoms with Crippen molar-refractivity contribution in [1.29, 1.82) is 0 Å². The summed E-state index contributed by atoms with van der Waals surface area (Å²) in [4.78, 5) is 7.06. The molecule has 5 heteroatoms. The van der Waals surface area contributed by atoms with E-state index in [0.717, 1.165) is 34.0 Å². The van der Waals surface area contributed by atoms with Gasteiger partial charge in [0.05, 0.1) is 12.6 Å². The molecule has 164 valence electrons. The molecule has 1 aliphatic heterocycles. The molecule has 2 aromatic heterocycles. The van der Waals surface area contributed by atoms with E-state index >= 15 is 0 Å². The Balaban J connectivity index is 1.55. The summed E-state index contributed by atoms with van der Waals surface area (Å²) in [5, 5.41) is 1.98. The van der Waals surface area contributed by atoms with Crippen molar-refractivity contribution in [2.24, 2.45) is 0 Å². The van der Waals surface area contributed by atoms with Gasteiger partial charge >= 0.3 is 0 Å². The quantitative estimate of drug-likeness (QED) is 0.350. The van der Waals surface area contributed by atoms with Gasteiger partial charge in [0.25, 0.3) is 0 Å². The van der Waals surface area contributed by atoms with Gasteiger partial charge in [-0.05, 0) is 62.3 Å². The fourth-order valence-electron chi connectivity index (χ4n) is 4.78. The van der Waals surface area contributed by atoms with Crippen LogP contribution in [-0.2, 0) is 6.54 Å². The maximum absolute atomic E-state index is 6.40. The number of likely N-dealkylation sites (tertiary alicyclic amines) is 1. The van der Waals surface area contributed by atoms with Gasteiger partial charge in [-0.25, -0.2) is 0 Å². The van der Waals surface area contributed by atoms with E-state index in [1.54, 1.807) is 7.11 Å². The normalized spacial score (nSPS) is 17.0. The molecule has 4 aromatic rings. The van der Waals surface area contributed by atoms with Gasteiger partial charge in [-0.15, -0.1) is 0 Å². The largest absolute Gasteiger partial charge is 0.497 e. The number of benzene rings is 2. The average molecular weight is 446 g/mol. The van der Waals surface area contributed by atoms with Crippen LogP contribution in [0.1, 0.15) is 19.3 Å². The fraction of sp³-hybridized carbons (Fsp3) is 0.296. The highest BCUT2D eigenvalue weighted by Crippen LogP contribution is 2.35. The molecule has 0 bridgehead atoms. The Bertz CT molecular complexity index is 1230. The van der Waals surface area contributed by atoms with Crippen LogP contribution < -0.4 is 4.74 Å². The first-order chi connectivity index (χ1) is 15.6. The van der Waals surface area contributed by atoms with E-state index in [1.807, 2.05) is 30.6 Å². The summed E-state index contributed by atoms with van der Waals surface area (Å²) in [6.07, 6.45) is 9.97. The van der Waals surface area contributed by atoms with Crippen LogP contribution in [0.2, 0.25) is 5.02 Å². The molecule has 0 aliphatic carbocycles. The summed E-state index contributed by atoms with van der Waals surface area (Å²) >= 11 is 6.40. The highest BCUT2D eigenvalue weighted by molar-refractivity contribution is 6.31. The zero-order valence-electron chi connectivity index (χ0n) is 18.6. The highest BCUT2D eigenvalue weighted by atomic mass is 35.5. The van der Waals surface area contributed by atoms with Gasteiger partial charge < -0.3 is 14.2 Å². The standard InChI is InChI=1S/C27H28ClN3O/c1-30-12-4-3-5-23(30)17-31-18-26(25-11-8-22(28)14-27(25)31)21-13-20(15-29-16-21)19-6-9-24(32-2)10-7-19/h6-11,13-16,18,23H,3-5,12,17H2,1-2H3. The smallest absolute Gasteiger partial charge is 0.118 e. The van der Waals surface area contributed by atoms with E-state index in [9.17, 15) is 0 Å². The van der Waals surface area contributed by atoms with Crippen LogP contribution in [0.4, 0.5) is 0 Å². The molecule has 4 nitrogen and oxygen atoms in total. The van der Waals surface area contributed by atoms with Crippen LogP contribution in [0.5, 0.6) is 5.75 Å². The number of piperidine rings is 1. The van der Waals surface area contributed by atoms with Gasteiger partial charge in [0.2, 0.25) is 0 Å². The van der Waals surface area contributed by atoms with E-state index in [4.69, 9.17) is 16.3 Å². The second-order valence-corrected chi connectivity index (χ2v) is 9.11. The second kappa shape index (κ2) is 8.97. The zero-order chi connectivity index (χ0) is 22.1. The minimum Gasteiger partial charge on any atom is -0.497 e. The zero-order valence-corrected chi connectivity index (χ0v) is 19.3. The lowest BCUT2D eigenvalue weighted by Crippen LogP contribution is -2.38. The van der Waals surface area contributed by atoms with E-state index in [0.29, 0.717) is 6.04 Å². The first-order valence-corrected chi connectivity index (χ1v) is 11.6. The lowest BCUT2D eigenvalue weighted by Gasteiger charge is -2.32. The summed E-state index contributed by atoms with van der Waals surface area (Å²) < 4.78 is 7.67. The number of rotatable bonds is 5. The van der Waals surface area contributed by atoms with E-state index < -0.39 is 0 Å². The highest BCUT2D eigenvalue weighted by Gasteiger charge is 2.21. The summed E-state index contributed by atoms with van der Waals surface area (Å²) in [6, 6.07) is 17.1. The Kier molecular flexibility index (Phi) is 5.90. The van der Waals surface area contributed by atoms with E-state index in [-0.39, 0.29) is 0 Å². The topological polar surface area (TPSA) is 30.3 Å². The maximum Gasteiger partial charge on any atom is 0.118 e.